The van der Waals surface area contributed by atoms with Crippen LogP contribution < -0.4 is 10.5 Å². The van der Waals surface area contributed by atoms with E-state index in [0.29, 0.717) is 17.9 Å². The van der Waals surface area contributed by atoms with Crippen molar-refractivity contribution in [2.45, 2.75) is 32.8 Å². The fourth-order valence-corrected chi connectivity index (χ4v) is 1.93. The maximum Gasteiger partial charge on any atom is 0.259 e. The van der Waals surface area contributed by atoms with Crippen molar-refractivity contribution in [1.82, 2.24) is 15.0 Å². The van der Waals surface area contributed by atoms with Gasteiger partial charge in [-0.05, 0) is 25.3 Å². The zero-order valence-electron chi connectivity index (χ0n) is 12.5. The number of carbonyl (C=O) groups excluding carboxylic acids is 1. The van der Waals surface area contributed by atoms with Crippen molar-refractivity contribution in [3.63, 3.8) is 0 Å². The molecule has 2 heterocycles. The topological polar surface area (TPSA) is 118 Å². The number of nitrogens with zero attached hydrogens (tertiary/aromatic N) is 3. The second-order valence-electron chi connectivity index (χ2n) is 4.85. The number of rotatable bonds is 6. The number of hydrogen-bond acceptors (Lipinski definition) is 5. The minimum absolute atomic E-state index is 0.0247. The first-order valence-electron chi connectivity index (χ1n) is 6.94. The van der Waals surface area contributed by atoms with Crippen molar-refractivity contribution in [3.05, 3.63) is 29.7 Å². The van der Waals surface area contributed by atoms with E-state index in [2.05, 4.69) is 15.0 Å². The third kappa shape index (κ3) is 3.23. The van der Waals surface area contributed by atoms with Crippen LogP contribution in [0.5, 0.6) is 5.88 Å². The average Bonchev–Trinajstić information content (AvgIpc) is 2.92. The molecule has 0 spiro atoms. The Morgan fingerprint density at radius 3 is 3.00 bits per heavy atom. The molecule has 0 saturated carbocycles. The molecule has 0 saturated heterocycles. The van der Waals surface area contributed by atoms with Crippen molar-refractivity contribution in [2.24, 2.45) is 5.73 Å². The minimum atomic E-state index is -0.741. The van der Waals surface area contributed by atoms with Gasteiger partial charge in [-0.2, -0.15) is 5.26 Å². The Bertz CT molecular complexity index is 757. The summed E-state index contributed by atoms with van der Waals surface area (Å²) in [5.74, 6) is -0.253. The fourth-order valence-electron chi connectivity index (χ4n) is 1.93. The number of nitrogens with two attached hydrogens (primary N) is 1. The Morgan fingerprint density at radius 2 is 2.36 bits per heavy atom. The van der Waals surface area contributed by atoms with E-state index in [1.54, 1.807) is 12.3 Å². The molecule has 0 aliphatic carbocycles. The molecule has 7 heteroatoms. The van der Waals surface area contributed by atoms with Crippen LogP contribution in [0.2, 0.25) is 0 Å². The Morgan fingerprint density at radius 1 is 1.59 bits per heavy atom. The van der Waals surface area contributed by atoms with Crippen molar-refractivity contribution < 1.29 is 9.53 Å². The number of nitriles is 1. The molecule has 2 aromatic heterocycles. The highest BCUT2D eigenvalue weighted by molar-refractivity contribution is 5.96. The molecule has 3 N–H and O–H groups in total. The molecular weight excluding hydrogens is 282 g/mol. The quantitative estimate of drug-likeness (QED) is 0.620. The molecule has 0 aliphatic rings. The number of ether oxygens (including phenoxy) is 1. The number of aromatic nitrogens is 3. The van der Waals surface area contributed by atoms with E-state index in [9.17, 15) is 4.79 Å². The van der Waals surface area contributed by atoms with Crippen molar-refractivity contribution in [1.29, 1.82) is 5.26 Å². The number of fused-ring (bicyclic) bond motifs is 1. The lowest BCUT2D eigenvalue weighted by molar-refractivity contribution is -0.114. The molecular formula is C15H17N5O2. The Kier molecular flexibility index (Phi) is 4.73. The van der Waals surface area contributed by atoms with Crippen molar-refractivity contribution >= 4 is 16.9 Å². The molecule has 1 amide bonds. The Hall–Kier alpha value is -2.88. The summed E-state index contributed by atoms with van der Waals surface area (Å²) in [4.78, 5) is 22.4. The van der Waals surface area contributed by atoms with Crippen LogP contribution in [0, 0.1) is 11.3 Å². The van der Waals surface area contributed by atoms with Crippen LogP contribution in [0.3, 0.4) is 0 Å². The van der Waals surface area contributed by atoms with Gasteiger partial charge in [0.2, 0.25) is 5.88 Å². The van der Waals surface area contributed by atoms with Crippen LogP contribution in [0.4, 0.5) is 0 Å². The standard InChI is InChI=1S/C15H17N5O2/c1-3-9(2)22-15-12-11(5-4-10(6-16)13(17)21)7-18-14(12)19-8-20-15/h4,7-9H,3,5H2,1-2H3,(H2,17,21)(H,18,19,20). The van der Waals surface area contributed by atoms with E-state index >= 15 is 0 Å². The second kappa shape index (κ2) is 6.72. The Balaban J connectivity index is 2.39. The third-order valence-electron chi connectivity index (χ3n) is 3.32. The number of carbonyl (C=O) groups is 1. The Labute approximate surface area is 127 Å². The summed E-state index contributed by atoms with van der Waals surface area (Å²) < 4.78 is 5.81. The zero-order valence-corrected chi connectivity index (χ0v) is 12.5. The highest BCUT2D eigenvalue weighted by atomic mass is 16.5. The summed E-state index contributed by atoms with van der Waals surface area (Å²) in [7, 11) is 0. The normalized spacial score (nSPS) is 12.9. The lowest BCUT2D eigenvalue weighted by Crippen LogP contribution is -2.13. The van der Waals surface area contributed by atoms with E-state index in [1.807, 2.05) is 13.8 Å². The predicted octanol–water partition coefficient (Wildman–Crippen LogP) is 1.61. The molecule has 0 aliphatic heterocycles. The minimum Gasteiger partial charge on any atom is -0.474 e. The molecule has 1 unspecified atom stereocenters. The van der Waals surface area contributed by atoms with Gasteiger partial charge < -0.3 is 15.5 Å². The largest absolute Gasteiger partial charge is 0.474 e. The lowest BCUT2D eigenvalue weighted by atomic mass is 10.1. The number of hydrogen-bond donors (Lipinski definition) is 2. The lowest BCUT2D eigenvalue weighted by Gasteiger charge is -2.12. The van der Waals surface area contributed by atoms with E-state index in [4.69, 9.17) is 15.7 Å². The van der Waals surface area contributed by atoms with Gasteiger partial charge in [-0.1, -0.05) is 13.0 Å². The molecule has 2 aromatic rings. The number of aromatic amines is 1. The van der Waals surface area contributed by atoms with Gasteiger partial charge in [0.1, 0.15) is 23.6 Å². The van der Waals surface area contributed by atoms with Gasteiger partial charge >= 0.3 is 0 Å². The first-order valence-corrected chi connectivity index (χ1v) is 6.94. The van der Waals surface area contributed by atoms with E-state index in [-0.39, 0.29) is 11.7 Å². The fraction of sp³-hybridized carbons (Fsp3) is 0.333. The summed E-state index contributed by atoms with van der Waals surface area (Å²) in [5, 5.41) is 9.62. The maximum absolute atomic E-state index is 11.1. The van der Waals surface area contributed by atoms with E-state index in [1.165, 1.54) is 12.4 Å². The summed E-state index contributed by atoms with van der Waals surface area (Å²) in [6.07, 6.45) is 5.92. The monoisotopic (exact) mass is 299 g/mol. The third-order valence-corrected chi connectivity index (χ3v) is 3.32. The van der Waals surface area contributed by atoms with Crippen LogP contribution in [0.25, 0.3) is 11.0 Å². The molecule has 0 fully saturated rings. The van der Waals surface area contributed by atoms with Crippen LogP contribution in [-0.4, -0.2) is 27.0 Å². The molecule has 22 heavy (non-hydrogen) atoms. The number of nitrogens with one attached hydrogen (secondary N) is 1. The molecule has 0 radical (unpaired) electrons. The smallest absolute Gasteiger partial charge is 0.259 e. The molecule has 2 rings (SSSR count). The molecule has 7 nitrogen and oxygen atoms in total. The second-order valence-corrected chi connectivity index (χ2v) is 4.85. The number of allylic oxidation sites excluding steroid dienone is 1. The molecule has 0 bridgehead atoms. The van der Waals surface area contributed by atoms with Gasteiger partial charge in [0.25, 0.3) is 5.91 Å². The zero-order chi connectivity index (χ0) is 16.1. The van der Waals surface area contributed by atoms with E-state index < -0.39 is 5.91 Å². The molecule has 114 valence electrons. The van der Waals surface area contributed by atoms with Crippen molar-refractivity contribution in [2.75, 3.05) is 0 Å². The highest BCUT2D eigenvalue weighted by Gasteiger charge is 2.14. The van der Waals surface area contributed by atoms with Gasteiger partial charge in [-0.25, -0.2) is 9.97 Å². The van der Waals surface area contributed by atoms with Crippen molar-refractivity contribution in [3.8, 4) is 11.9 Å². The van der Waals surface area contributed by atoms with Gasteiger partial charge in [0.05, 0.1) is 11.5 Å². The van der Waals surface area contributed by atoms with E-state index in [0.717, 1.165) is 17.4 Å². The van der Waals surface area contributed by atoms with Gasteiger partial charge in [0.15, 0.2) is 0 Å². The number of amides is 1. The maximum atomic E-state index is 11.1. The van der Waals surface area contributed by atoms with Crippen LogP contribution in [0.15, 0.2) is 24.2 Å². The SMILES string of the molecule is CCC(C)Oc1ncnc2[nH]cc(CC=C(C#N)C(N)=O)c12. The summed E-state index contributed by atoms with van der Waals surface area (Å²) >= 11 is 0. The average molecular weight is 299 g/mol. The summed E-state index contributed by atoms with van der Waals surface area (Å²) in [6.45, 7) is 3.98. The van der Waals surface area contributed by atoms with Gasteiger partial charge in [-0.15, -0.1) is 0 Å². The van der Waals surface area contributed by atoms with Crippen LogP contribution in [-0.2, 0) is 11.2 Å². The first-order chi connectivity index (χ1) is 10.6. The molecule has 0 aromatic carbocycles. The van der Waals surface area contributed by atoms with Gasteiger partial charge in [-0.3, -0.25) is 4.79 Å². The van der Waals surface area contributed by atoms with Gasteiger partial charge in [0, 0.05) is 6.20 Å². The number of H-pyrrole nitrogens is 1. The molecule has 1 atom stereocenters. The highest BCUT2D eigenvalue weighted by Crippen LogP contribution is 2.27. The van der Waals surface area contributed by atoms with Crippen LogP contribution in [0.1, 0.15) is 25.8 Å². The predicted molar refractivity (Wildman–Crippen MR) is 80.9 cm³/mol. The number of primary amides is 1. The summed E-state index contributed by atoms with van der Waals surface area (Å²) in [6, 6.07) is 1.78. The van der Waals surface area contributed by atoms with Crippen LogP contribution >= 0.6 is 0 Å². The summed E-state index contributed by atoms with van der Waals surface area (Å²) in [5.41, 5.74) is 6.54. The first kappa shape index (κ1) is 15.5.